The Morgan fingerprint density at radius 2 is 1.63 bits per heavy atom. The third kappa shape index (κ3) is 5.34. The molecule has 41 heavy (non-hydrogen) atoms. The SMILES string of the molecule is CN(C)c1ccc(C2CC(c3c(-c4ccccc4)c4cc(Cl)ccc4[nH]c3=O)=NN2C(=S)Nc2ccccc2)cc1. The van der Waals surface area contributed by atoms with E-state index in [4.69, 9.17) is 28.9 Å². The minimum absolute atomic E-state index is 0.206. The summed E-state index contributed by atoms with van der Waals surface area (Å²) in [6.45, 7) is 0. The Morgan fingerprint density at radius 3 is 2.32 bits per heavy atom. The average molecular weight is 578 g/mol. The summed E-state index contributed by atoms with van der Waals surface area (Å²) in [5.74, 6) is 0. The van der Waals surface area contributed by atoms with Gasteiger partial charge in [0.25, 0.3) is 5.56 Å². The molecule has 5 aromatic rings. The quantitative estimate of drug-likeness (QED) is 0.212. The number of pyridine rings is 1. The zero-order valence-corrected chi connectivity index (χ0v) is 24.2. The van der Waals surface area contributed by atoms with Crippen molar-refractivity contribution in [3.05, 3.63) is 130 Å². The summed E-state index contributed by atoms with van der Waals surface area (Å²) in [6.07, 6.45) is 0.493. The van der Waals surface area contributed by atoms with Crippen LogP contribution in [0.15, 0.2) is 113 Å². The van der Waals surface area contributed by atoms with Gasteiger partial charge in [-0.15, -0.1) is 0 Å². The monoisotopic (exact) mass is 577 g/mol. The number of hydrogen-bond donors (Lipinski definition) is 2. The van der Waals surface area contributed by atoms with Crippen molar-refractivity contribution in [2.45, 2.75) is 12.5 Å². The molecule has 6 nitrogen and oxygen atoms in total. The van der Waals surface area contributed by atoms with Crippen molar-refractivity contribution in [3.63, 3.8) is 0 Å². The van der Waals surface area contributed by atoms with Crippen molar-refractivity contribution in [1.29, 1.82) is 0 Å². The van der Waals surface area contributed by atoms with Crippen molar-refractivity contribution >= 4 is 56.9 Å². The van der Waals surface area contributed by atoms with Crippen LogP contribution in [0.2, 0.25) is 5.02 Å². The van der Waals surface area contributed by atoms with E-state index in [1.165, 1.54) is 0 Å². The number of anilines is 2. The fourth-order valence-electron chi connectivity index (χ4n) is 5.25. The van der Waals surface area contributed by atoms with Crippen LogP contribution in [0.5, 0.6) is 0 Å². The van der Waals surface area contributed by atoms with Crippen molar-refractivity contribution in [2.75, 3.05) is 24.3 Å². The molecule has 0 saturated heterocycles. The number of benzene rings is 4. The second kappa shape index (κ2) is 11.2. The minimum atomic E-state index is -0.206. The fourth-order valence-corrected chi connectivity index (χ4v) is 5.71. The van der Waals surface area contributed by atoms with Crippen LogP contribution in [0.3, 0.4) is 0 Å². The predicted octanol–water partition coefficient (Wildman–Crippen LogP) is 7.46. The molecule has 1 atom stereocenters. The van der Waals surface area contributed by atoms with E-state index in [1.54, 1.807) is 6.07 Å². The van der Waals surface area contributed by atoms with E-state index < -0.39 is 0 Å². The molecule has 0 radical (unpaired) electrons. The molecule has 1 unspecified atom stereocenters. The van der Waals surface area contributed by atoms with Gasteiger partial charge < -0.3 is 15.2 Å². The number of thiocarbonyl (C=S) groups is 1. The molecule has 0 bridgehead atoms. The highest BCUT2D eigenvalue weighted by atomic mass is 35.5. The molecule has 2 heterocycles. The number of aromatic amines is 1. The Labute approximate surface area is 248 Å². The van der Waals surface area contributed by atoms with Crippen molar-refractivity contribution in [3.8, 4) is 11.1 Å². The molecule has 0 aliphatic carbocycles. The molecule has 0 saturated carbocycles. The predicted molar refractivity (Wildman–Crippen MR) is 174 cm³/mol. The number of fused-ring (bicyclic) bond motifs is 1. The van der Waals surface area contributed by atoms with Gasteiger partial charge in [-0.1, -0.05) is 72.3 Å². The van der Waals surface area contributed by atoms with Gasteiger partial charge in [-0.05, 0) is 65.8 Å². The Morgan fingerprint density at radius 1 is 0.951 bits per heavy atom. The number of H-pyrrole nitrogens is 1. The summed E-state index contributed by atoms with van der Waals surface area (Å²) >= 11 is 12.3. The third-order valence-corrected chi connectivity index (χ3v) is 7.79. The Hall–Kier alpha value is -4.46. The van der Waals surface area contributed by atoms with Crippen LogP contribution >= 0.6 is 23.8 Å². The van der Waals surface area contributed by atoms with Gasteiger partial charge in [0.15, 0.2) is 5.11 Å². The molecule has 0 spiro atoms. The maximum Gasteiger partial charge on any atom is 0.258 e. The average Bonchev–Trinajstić information content (AvgIpc) is 3.43. The number of hydrogen-bond acceptors (Lipinski definition) is 4. The van der Waals surface area contributed by atoms with Gasteiger partial charge in [0, 0.05) is 53.4 Å². The zero-order chi connectivity index (χ0) is 28.5. The van der Waals surface area contributed by atoms with Crippen LogP contribution in [0.1, 0.15) is 23.6 Å². The molecule has 1 aliphatic rings. The van der Waals surface area contributed by atoms with E-state index in [1.807, 2.05) is 91.9 Å². The van der Waals surface area contributed by atoms with E-state index in [0.717, 1.165) is 39.0 Å². The highest BCUT2D eigenvalue weighted by Gasteiger charge is 2.34. The molecule has 4 aromatic carbocycles. The molecule has 6 rings (SSSR count). The highest BCUT2D eigenvalue weighted by molar-refractivity contribution is 7.80. The first-order chi connectivity index (χ1) is 19.9. The number of nitrogens with one attached hydrogen (secondary N) is 2. The van der Waals surface area contributed by atoms with Crippen molar-refractivity contribution in [2.24, 2.45) is 5.10 Å². The second-order valence-corrected chi connectivity index (χ2v) is 11.0. The van der Waals surface area contributed by atoms with Gasteiger partial charge in [0.2, 0.25) is 0 Å². The largest absolute Gasteiger partial charge is 0.378 e. The molecule has 0 amide bonds. The lowest BCUT2D eigenvalue weighted by molar-refractivity contribution is 0.375. The Bertz CT molecular complexity index is 1820. The number of hydrazone groups is 1. The van der Waals surface area contributed by atoms with Crippen LogP contribution in [0, 0.1) is 0 Å². The number of para-hydroxylation sites is 1. The van der Waals surface area contributed by atoms with Gasteiger partial charge in [-0.2, -0.15) is 5.10 Å². The first-order valence-corrected chi connectivity index (χ1v) is 14.1. The van der Waals surface area contributed by atoms with E-state index in [2.05, 4.69) is 39.5 Å². The molecule has 0 fully saturated rings. The number of rotatable bonds is 5. The number of aromatic nitrogens is 1. The summed E-state index contributed by atoms with van der Waals surface area (Å²) in [4.78, 5) is 18.9. The summed E-state index contributed by atoms with van der Waals surface area (Å²) in [7, 11) is 4.03. The molecule has 8 heteroatoms. The minimum Gasteiger partial charge on any atom is -0.378 e. The van der Waals surface area contributed by atoms with Gasteiger partial charge >= 0.3 is 0 Å². The lowest BCUT2D eigenvalue weighted by Gasteiger charge is -2.25. The van der Waals surface area contributed by atoms with Crippen LogP contribution in [-0.4, -0.2) is 34.9 Å². The first kappa shape index (κ1) is 26.7. The number of halogens is 1. The first-order valence-electron chi connectivity index (χ1n) is 13.3. The van der Waals surface area contributed by atoms with E-state index in [-0.39, 0.29) is 11.6 Å². The lowest BCUT2D eigenvalue weighted by Crippen LogP contribution is -2.31. The topological polar surface area (TPSA) is 63.7 Å². The smallest absolute Gasteiger partial charge is 0.258 e. The van der Waals surface area contributed by atoms with Crippen LogP contribution in [0.25, 0.3) is 22.0 Å². The lowest BCUT2D eigenvalue weighted by atomic mass is 9.91. The van der Waals surface area contributed by atoms with E-state index in [9.17, 15) is 4.79 Å². The summed E-state index contributed by atoms with van der Waals surface area (Å²) in [5.41, 5.74) is 6.42. The Balaban J connectivity index is 1.51. The van der Waals surface area contributed by atoms with Gasteiger partial charge in [0.1, 0.15) is 0 Å². The van der Waals surface area contributed by atoms with E-state index in [0.29, 0.717) is 27.8 Å². The molecular weight excluding hydrogens is 550 g/mol. The van der Waals surface area contributed by atoms with Crippen LogP contribution < -0.4 is 15.8 Å². The second-order valence-electron chi connectivity index (χ2n) is 10.2. The fraction of sp³-hybridized carbons (Fsp3) is 0.121. The maximum atomic E-state index is 13.8. The molecule has 1 aliphatic heterocycles. The standard InChI is InChI=1S/C33H28ClN5OS/c1-38(2)25-16-13-21(14-17-25)29-20-28(37-39(29)33(41)35-24-11-7-4-8-12-24)31-30(22-9-5-3-6-10-22)26-19-23(34)15-18-27(26)36-32(31)40/h3-19,29H,20H2,1-2H3,(H,35,41)(H,36,40). The maximum absolute atomic E-state index is 13.8. The van der Waals surface area contributed by atoms with Crippen molar-refractivity contribution < 1.29 is 0 Å². The van der Waals surface area contributed by atoms with Gasteiger partial charge in [-0.3, -0.25) is 4.79 Å². The molecule has 2 N–H and O–H groups in total. The Kier molecular flexibility index (Phi) is 7.30. The van der Waals surface area contributed by atoms with Crippen LogP contribution in [-0.2, 0) is 0 Å². The number of nitrogens with zero attached hydrogens (tertiary/aromatic N) is 3. The highest BCUT2D eigenvalue weighted by Crippen LogP contribution is 2.38. The summed E-state index contributed by atoms with van der Waals surface area (Å²) in [6, 6.07) is 33.3. The van der Waals surface area contributed by atoms with E-state index >= 15 is 0 Å². The van der Waals surface area contributed by atoms with Gasteiger partial charge in [0.05, 0.1) is 17.3 Å². The van der Waals surface area contributed by atoms with Crippen LogP contribution in [0.4, 0.5) is 11.4 Å². The molecular formula is C33H28ClN5OS. The third-order valence-electron chi connectivity index (χ3n) is 7.27. The normalized spacial score (nSPS) is 14.7. The zero-order valence-electron chi connectivity index (χ0n) is 22.6. The summed E-state index contributed by atoms with van der Waals surface area (Å²) in [5, 5.41) is 12.1. The molecule has 204 valence electrons. The van der Waals surface area contributed by atoms with Gasteiger partial charge in [-0.25, -0.2) is 5.01 Å². The van der Waals surface area contributed by atoms with Crippen molar-refractivity contribution in [1.82, 2.24) is 9.99 Å². The summed E-state index contributed by atoms with van der Waals surface area (Å²) < 4.78 is 0. The molecule has 1 aromatic heterocycles.